The van der Waals surface area contributed by atoms with Gasteiger partial charge in [0.05, 0.1) is 11.6 Å². The molecular weight excluding hydrogens is 234 g/mol. The fourth-order valence-corrected chi connectivity index (χ4v) is 2.27. The van der Waals surface area contributed by atoms with Crippen molar-refractivity contribution < 1.29 is 14.7 Å². The van der Waals surface area contributed by atoms with E-state index in [-0.39, 0.29) is 5.91 Å². The van der Waals surface area contributed by atoms with E-state index < -0.39 is 11.9 Å². The topological polar surface area (TPSA) is 75.4 Å². The van der Waals surface area contributed by atoms with Crippen molar-refractivity contribution in [1.82, 2.24) is 14.7 Å². The molecule has 1 aliphatic heterocycles. The highest BCUT2D eigenvalue weighted by molar-refractivity contribution is 5.93. The van der Waals surface area contributed by atoms with E-state index in [0.29, 0.717) is 31.7 Å². The molecule has 2 heterocycles. The lowest BCUT2D eigenvalue weighted by Crippen LogP contribution is -2.31. The second-order valence-electron chi connectivity index (χ2n) is 4.56. The summed E-state index contributed by atoms with van der Waals surface area (Å²) in [5, 5.41) is 13.2. The van der Waals surface area contributed by atoms with E-state index in [9.17, 15) is 9.59 Å². The molecule has 0 bridgehead atoms. The van der Waals surface area contributed by atoms with Crippen LogP contribution in [0.25, 0.3) is 0 Å². The molecule has 6 nitrogen and oxygen atoms in total. The van der Waals surface area contributed by atoms with Gasteiger partial charge in [-0.05, 0) is 26.3 Å². The zero-order valence-corrected chi connectivity index (χ0v) is 10.6. The Kier molecular flexibility index (Phi) is 3.36. The summed E-state index contributed by atoms with van der Waals surface area (Å²) in [7, 11) is 0. The highest BCUT2D eigenvalue weighted by Crippen LogP contribution is 2.19. The van der Waals surface area contributed by atoms with Gasteiger partial charge < -0.3 is 10.0 Å². The molecule has 0 spiro atoms. The number of carboxylic acids is 1. The lowest BCUT2D eigenvalue weighted by molar-refractivity contribution is -0.141. The summed E-state index contributed by atoms with van der Waals surface area (Å²) in [6.45, 7) is 5.19. The molecule has 1 aliphatic rings. The third kappa shape index (κ3) is 2.23. The summed E-state index contributed by atoms with van der Waals surface area (Å²) in [6, 6.07) is 1.75. The number of likely N-dealkylation sites (tertiary alicyclic amines) is 1. The first-order chi connectivity index (χ1) is 8.52. The normalized spacial score (nSPS) is 19.2. The van der Waals surface area contributed by atoms with E-state index in [1.54, 1.807) is 15.6 Å². The van der Waals surface area contributed by atoms with Gasteiger partial charge in [0.15, 0.2) is 0 Å². The van der Waals surface area contributed by atoms with E-state index >= 15 is 0 Å². The van der Waals surface area contributed by atoms with Crippen molar-refractivity contribution in [2.45, 2.75) is 26.8 Å². The molecule has 0 radical (unpaired) electrons. The lowest BCUT2D eigenvalue weighted by Gasteiger charge is -2.16. The molecule has 0 saturated carbocycles. The standard InChI is InChI=1S/C12H17N3O3/c1-3-15-10(6-8(2)13-15)11(16)14-5-4-9(7-14)12(17)18/h6,9H,3-5,7H2,1-2H3,(H,17,18). The molecule has 18 heavy (non-hydrogen) atoms. The van der Waals surface area contributed by atoms with Crippen molar-refractivity contribution in [3.05, 3.63) is 17.5 Å². The Morgan fingerprint density at radius 2 is 2.28 bits per heavy atom. The minimum absolute atomic E-state index is 0.124. The van der Waals surface area contributed by atoms with Crippen molar-refractivity contribution in [2.24, 2.45) is 5.92 Å². The zero-order chi connectivity index (χ0) is 13.3. The third-order valence-electron chi connectivity index (χ3n) is 3.25. The van der Waals surface area contributed by atoms with Gasteiger partial charge >= 0.3 is 5.97 Å². The van der Waals surface area contributed by atoms with Crippen LogP contribution in [0.4, 0.5) is 0 Å². The number of hydrogen-bond donors (Lipinski definition) is 1. The van der Waals surface area contributed by atoms with E-state index in [1.807, 2.05) is 13.8 Å². The molecule has 98 valence electrons. The molecule has 1 saturated heterocycles. The van der Waals surface area contributed by atoms with Crippen LogP contribution < -0.4 is 0 Å². The quantitative estimate of drug-likeness (QED) is 0.860. The predicted molar refractivity (Wildman–Crippen MR) is 64.3 cm³/mol. The molecule has 1 atom stereocenters. The Morgan fingerprint density at radius 3 is 2.83 bits per heavy atom. The highest BCUT2D eigenvalue weighted by atomic mass is 16.4. The fourth-order valence-electron chi connectivity index (χ4n) is 2.27. The van der Waals surface area contributed by atoms with Crippen LogP contribution in [0.5, 0.6) is 0 Å². The predicted octanol–water partition coefficient (Wildman–Crippen LogP) is 0.758. The first-order valence-corrected chi connectivity index (χ1v) is 6.09. The molecule has 0 aromatic carbocycles. The second-order valence-corrected chi connectivity index (χ2v) is 4.56. The maximum atomic E-state index is 12.3. The van der Waals surface area contributed by atoms with E-state index in [2.05, 4.69) is 5.10 Å². The lowest BCUT2D eigenvalue weighted by atomic mass is 10.1. The minimum Gasteiger partial charge on any atom is -0.481 e. The summed E-state index contributed by atoms with van der Waals surface area (Å²) < 4.78 is 1.66. The molecule has 1 N–H and O–H groups in total. The van der Waals surface area contributed by atoms with Crippen LogP contribution in [-0.2, 0) is 11.3 Å². The number of hydrogen-bond acceptors (Lipinski definition) is 3. The molecular formula is C12H17N3O3. The number of aromatic nitrogens is 2. The smallest absolute Gasteiger partial charge is 0.308 e. The second kappa shape index (κ2) is 4.80. The summed E-state index contributed by atoms with van der Waals surface area (Å²) >= 11 is 0. The summed E-state index contributed by atoms with van der Waals surface area (Å²) in [5.74, 6) is -1.39. The SMILES string of the molecule is CCn1nc(C)cc1C(=O)N1CCC(C(=O)O)C1. The van der Waals surface area contributed by atoms with Crippen LogP contribution in [0, 0.1) is 12.8 Å². The molecule has 6 heteroatoms. The van der Waals surface area contributed by atoms with Gasteiger partial charge in [0, 0.05) is 19.6 Å². The van der Waals surface area contributed by atoms with Crippen LogP contribution in [0.3, 0.4) is 0 Å². The molecule has 2 rings (SSSR count). The maximum absolute atomic E-state index is 12.3. The number of nitrogens with zero attached hydrogens (tertiary/aromatic N) is 3. The van der Waals surface area contributed by atoms with Crippen molar-refractivity contribution in [2.75, 3.05) is 13.1 Å². The summed E-state index contributed by atoms with van der Waals surface area (Å²) in [5.41, 5.74) is 1.34. The molecule has 1 aromatic rings. The maximum Gasteiger partial charge on any atom is 0.308 e. The molecule has 1 unspecified atom stereocenters. The summed E-state index contributed by atoms with van der Waals surface area (Å²) in [4.78, 5) is 24.8. The van der Waals surface area contributed by atoms with Crippen LogP contribution in [0.15, 0.2) is 6.07 Å². The van der Waals surface area contributed by atoms with Gasteiger partial charge in [-0.15, -0.1) is 0 Å². The average molecular weight is 251 g/mol. The monoisotopic (exact) mass is 251 g/mol. The van der Waals surface area contributed by atoms with Crippen molar-refractivity contribution in [1.29, 1.82) is 0 Å². The number of rotatable bonds is 3. The Labute approximate surface area is 105 Å². The van der Waals surface area contributed by atoms with Gasteiger partial charge in [0.1, 0.15) is 5.69 Å². The molecule has 1 aromatic heterocycles. The molecule has 0 aliphatic carbocycles. The van der Waals surface area contributed by atoms with Crippen LogP contribution >= 0.6 is 0 Å². The van der Waals surface area contributed by atoms with Gasteiger partial charge in [-0.3, -0.25) is 14.3 Å². The van der Waals surface area contributed by atoms with Gasteiger partial charge in [0.25, 0.3) is 5.91 Å². The Bertz CT molecular complexity index is 481. The Balaban J connectivity index is 2.15. The number of aliphatic carboxylic acids is 1. The average Bonchev–Trinajstić information content (AvgIpc) is 2.94. The largest absolute Gasteiger partial charge is 0.481 e. The first-order valence-electron chi connectivity index (χ1n) is 6.09. The van der Waals surface area contributed by atoms with Gasteiger partial charge in [-0.25, -0.2) is 0 Å². The fraction of sp³-hybridized carbons (Fsp3) is 0.583. The number of carbonyl (C=O) groups is 2. The van der Waals surface area contributed by atoms with E-state index in [0.717, 1.165) is 5.69 Å². The van der Waals surface area contributed by atoms with Crippen LogP contribution in [-0.4, -0.2) is 44.8 Å². The third-order valence-corrected chi connectivity index (χ3v) is 3.25. The van der Waals surface area contributed by atoms with Gasteiger partial charge in [-0.1, -0.05) is 0 Å². The number of carboxylic acid groups (broad SMARTS) is 1. The van der Waals surface area contributed by atoms with Crippen LogP contribution in [0.1, 0.15) is 29.5 Å². The summed E-state index contributed by atoms with van der Waals surface area (Å²) in [6.07, 6.45) is 0.528. The minimum atomic E-state index is -0.828. The van der Waals surface area contributed by atoms with Crippen LogP contribution in [0.2, 0.25) is 0 Å². The molecule has 1 amide bonds. The Morgan fingerprint density at radius 1 is 1.56 bits per heavy atom. The van der Waals surface area contributed by atoms with Crippen molar-refractivity contribution in [3.63, 3.8) is 0 Å². The van der Waals surface area contributed by atoms with Crippen molar-refractivity contribution in [3.8, 4) is 0 Å². The highest BCUT2D eigenvalue weighted by Gasteiger charge is 2.32. The first kappa shape index (κ1) is 12.6. The number of amides is 1. The van der Waals surface area contributed by atoms with Gasteiger partial charge in [-0.2, -0.15) is 5.10 Å². The molecule has 1 fully saturated rings. The van der Waals surface area contributed by atoms with E-state index in [4.69, 9.17) is 5.11 Å². The van der Waals surface area contributed by atoms with Crippen molar-refractivity contribution >= 4 is 11.9 Å². The Hall–Kier alpha value is -1.85. The van der Waals surface area contributed by atoms with Gasteiger partial charge in [0.2, 0.25) is 0 Å². The number of carbonyl (C=O) groups excluding carboxylic acids is 1. The number of aryl methyl sites for hydroxylation is 2. The zero-order valence-electron chi connectivity index (χ0n) is 10.6. The van der Waals surface area contributed by atoms with E-state index in [1.165, 1.54) is 0 Å².